The first-order valence-corrected chi connectivity index (χ1v) is 15.4. The Morgan fingerprint density at radius 3 is 2.05 bits per heavy atom. The number of sulfonamides is 2. The summed E-state index contributed by atoms with van der Waals surface area (Å²) < 4.78 is 94.4. The van der Waals surface area contributed by atoms with Crippen LogP contribution in [0.1, 0.15) is 11.1 Å². The van der Waals surface area contributed by atoms with E-state index >= 15 is 0 Å². The number of hydrogen-bond donors (Lipinski definition) is 2. The highest BCUT2D eigenvalue weighted by Gasteiger charge is 2.31. The zero-order chi connectivity index (χ0) is 30.7. The van der Waals surface area contributed by atoms with Gasteiger partial charge in [-0.15, -0.1) is 0 Å². The van der Waals surface area contributed by atoms with Crippen molar-refractivity contribution < 1.29 is 34.8 Å². The molecule has 2 N–H and O–H groups in total. The van der Waals surface area contributed by atoms with Gasteiger partial charge in [0.25, 0.3) is 20.0 Å². The van der Waals surface area contributed by atoms with Gasteiger partial charge in [0.2, 0.25) is 5.91 Å². The molecular formula is C28H23ClF3N3O5S2. The number of nitrogens with one attached hydrogen (secondary N) is 2. The Morgan fingerprint density at radius 2 is 1.43 bits per heavy atom. The van der Waals surface area contributed by atoms with Crippen LogP contribution in [-0.2, 0) is 31.0 Å². The van der Waals surface area contributed by atoms with E-state index in [-0.39, 0.29) is 26.9 Å². The number of nitrogens with zero attached hydrogens (tertiary/aromatic N) is 1. The first kappa shape index (κ1) is 30.9. The minimum Gasteiger partial charge on any atom is -0.325 e. The van der Waals surface area contributed by atoms with Gasteiger partial charge in [-0.1, -0.05) is 29.8 Å². The number of aryl methyl sites for hydroxylation is 1. The summed E-state index contributed by atoms with van der Waals surface area (Å²) in [7, 11) is -8.45. The molecule has 0 saturated heterocycles. The Morgan fingerprint density at radius 1 is 0.810 bits per heavy atom. The maximum atomic E-state index is 13.5. The summed E-state index contributed by atoms with van der Waals surface area (Å²) >= 11 is 5.90. The summed E-state index contributed by atoms with van der Waals surface area (Å²) in [5.41, 5.74) is -0.119. The third-order valence-electron chi connectivity index (χ3n) is 5.87. The first-order valence-electron chi connectivity index (χ1n) is 12.1. The molecule has 4 aromatic carbocycles. The molecule has 4 rings (SSSR count). The Kier molecular flexibility index (Phi) is 8.85. The number of benzene rings is 4. The van der Waals surface area contributed by atoms with E-state index in [0.29, 0.717) is 11.1 Å². The van der Waals surface area contributed by atoms with Gasteiger partial charge in [0, 0.05) is 16.4 Å². The highest BCUT2D eigenvalue weighted by atomic mass is 35.5. The number of hydrogen-bond acceptors (Lipinski definition) is 5. The van der Waals surface area contributed by atoms with Crippen molar-refractivity contribution in [3.05, 3.63) is 113 Å². The fourth-order valence-electron chi connectivity index (χ4n) is 3.85. The third-order valence-corrected chi connectivity index (χ3v) is 9.31. The molecule has 0 aliphatic heterocycles. The van der Waals surface area contributed by atoms with E-state index in [4.69, 9.17) is 11.6 Å². The first-order chi connectivity index (χ1) is 19.6. The lowest BCUT2D eigenvalue weighted by molar-refractivity contribution is -0.137. The number of anilines is 3. The largest absolute Gasteiger partial charge is 0.416 e. The summed E-state index contributed by atoms with van der Waals surface area (Å²) in [6.07, 6.45) is -4.65. The number of carbonyl (C=O) groups excluding carboxylic acids is 1. The van der Waals surface area contributed by atoms with Crippen molar-refractivity contribution >= 4 is 54.6 Å². The van der Waals surface area contributed by atoms with Gasteiger partial charge in [-0.25, -0.2) is 16.8 Å². The summed E-state index contributed by atoms with van der Waals surface area (Å²) in [6.45, 7) is 1.17. The Balaban J connectivity index is 1.52. The van der Waals surface area contributed by atoms with Crippen LogP contribution in [0.4, 0.5) is 30.2 Å². The fourth-order valence-corrected chi connectivity index (χ4v) is 6.44. The second kappa shape index (κ2) is 12.0. The van der Waals surface area contributed by atoms with Crippen molar-refractivity contribution in [3.8, 4) is 0 Å². The third kappa shape index (κ3) is 7.41. The van der Waals surface area contributed by atoms with E-state index in [2.05, 4.69) is 10.0 Å². The molecule has 220 valence electrons. The molecule has 0 unspecified atom stereocenters. The molecule has 14 heteroatoms. The molecular weight excluding hydrogens is 615 g/mol. The molecule has 0 heterocycles. The zero-order valence-electron chi connectivity index (χ0n) is 21.8. The van der Waals surface area contributed by atoms with E-state index in [9.17, 15) is 34.8 Å². The number of rotatable bonds is 9. The molecule has 0 bridgehead atoms. The predicted molar refractivity (Wildman–Crippen MR) is 154 cm³/mol. The second-order valence-electron chi connectivity index (χ2n) is 9.06. The average Bonchev–Trinajstić information content (AvgIpc) is 2.91. The fraction of sp³-hybridized carbons (Fsp3) is 0.107. The molecule has 1 amide bonds. The number of halogens is 4. The van der Waals surface area contributed by atoms with E-state index < -0.39 is 44.2 Å². The van der Waals surface area contributed by atoms with Crippen molar-refractivity contribution in [2.24, 2.45) is 0 Å². The van der Waals surface area contributed by atoms with Crippen LogP contribution in [0.3, 0.4) is 0 Å². The van der Waals surface area contributed by atoms with Crippen LogP contribution in [0.2, 0.25) is 5.02 Å². The second-order valence-corrected chi connectivity index (χ2v) is 13.0. The smallest absolute Gasteiger partial charge is 0.325 e. The summed E-state index contributed by atoms with van der Waals surface area (Å²) in [6, 6.07) is 20.6. The molecule has 0 aliphatic carbocycles. The van der Waals surface area contributed by atoms with Crippen LogP contribution in [-0.4, -0.2) is 29.3 Å². The average molecular weight is 638 g/mol. The van der Waals surface area contributed by atoms with E-state index in [0.717, 1.165) is 34.1 Å². The van der Waals surface area contributed by atoms with Gasteiger partial charge in [0.1, 0.15) is 6.54 Å². The zero-order valence-corrected chi connectivity index (χ0v) is 24.2. The van der Waals surface area contributed by atoms with Gasteiger partial charge in [-0.3, -0.25) is 13.8 Å². The standard InChI is InChI=1S/C28H23ClF3N3O5S2/c1-19-4-2-7-24(16-19)35(42(39,40)26-12-8-21(29)9-13-26)18-27(36)33-22-10-14-25(15-11-22)41(37,38)34-23-6-3-5-20(17-23)28(30,31)32/h2-17,34H,18H2,1H3,(H,33,36). The van der Waals surface area contributed by atoms with Crippen molar-refractivity contribution in [3.63, 3.8) is 0 Å². The van der Waals surface area contributed by atoms with Gasteiger partial charge in [0.05, 0.1) is 21.0 Å². The lowest BCUT2D eigenvalue weighted by Gasteiger charge is -2.24. The molecule has 0 radical (unpaired) electrons. The topological polar surface area (TPSA) is 113 Å². The van der Waals surface area contributed by atoms with Gasteiger partial charge >= 0.3 is 6.18 Å². The molecule has 4 aromatic rings. The van der Waals surface area contributed by atoms with Crippen molar-refractivity contribution in [2.75, 3.05) is 20.9 Å². The van der Waals surface area contributed by atoms with Gasteiger partial charge in [-0.2, -0.15) is 13.2 Å². The molecule has 0 atom stereocenters. The summed E-state index contributed by atoms with van der Waals surface area (Å²) in [4.78, 5) is 12.6. The number of alkyl halides is 3. The van der Waals surface area contributed by atoms with Crippen LogP contribution in [0.5, 0.6) is 0 Å². The molecule has 0 spiro atoms. The van der Waals surface area contributed by atoms with E-state index in [1.54, 1.807) is 31.2 Å². The van der Waals surface area contributed by atoms with E-state index in [1.807, 2.05) is 0 Å². The molecule has 0 fully saturated rings. The quantitative estimate of drug-likeness (QED) is 0.224. The lowest BCUT2D eigenvalue weighted by Crippen LogP contribution is -2.38. The molecule has 42 heavy (non-hydrogen) atoms. The van der Waals surface area contributed by atoms with Crippen LogP contribution < -0.4 is 14.3 Å². The SMILES string of the molecule is Cc1cccc(N(CC(=O)Nc2ccc(S(=O)(=O)Nc3cccc(C(F)(F)F)c3)cc2)S(=O)(=O)c2ccc(Cl)cc2)c1. The van der Waals surface area contributed by atoms with Crippen LogP contribution in [0.25, 0.3) is 0 Å². The molecule has 0 aromatic heterocycles. The molecule has 0 saturated carbocycles. The van der Waals surface area contributed by atoms with Crippen LogP contribution in [0.15, 0.2) is 107 Å². The Bertz CT molecular complexity index is 1820. The van der Waals surface area contributed by atoms with Crippen molar-refractivity contribution in [1.82, 2.24) is 0 Å². The van der Waals surface area contributed by atoms with Crippen molar-refractivity contribution in [2.45, 2.75) is 22.9 Å². The van der Waals surface area contributed by atoms with Crippen LogP contribution >= 0.6 is 11.6 Å². The maximum absolute atomic E-state index is 13.5. The molecule has 8 nitrogen and oxygen atoms in total. The lowest BCUT2D eigenvalue weighted by atomic mass is 10.2. The molecule has 0 aliphatic rings. The highest BCUT2D eigenvalue weighted by Crippen LogP contribution is 2.31. The van der Waals surface area contributed by atoms with Crippen LogP contribution in [0, 0.1) is 6.92 Å². The van der Waals surface area contributed by atoms with E-state index in [1.165, 1.54) is 42.5 Å². The van der Waals surface area contributed by atoms with Gasteiger partial charge in [-0.05, 0) is 91.3 Å². The summed E-state index contributed by atoms with van der Waals surface area (Å²) in [5, 5.41) is 2.87. The Labute approximate surface area is 245 Å². The monoisotopic (exact) mass is 637 g/mol. The number of amides is 1. The number of carbonyl (C=O) groups is 1. The Hall–Kier alpha value is -4.07. The predicted octanol–water partition coefficient (Wildman–Crippen LogP) is 6.30. The minimum atomic E-state index is -4.65. The summed E-state index contributed by atoms with van der Waals surface area (Å²) in [5.74, 6) is -0.716. The maximum Gasteiger partial charge on any atom is 0.416 e. The highest BCUT2D eigenvalue weighted by molar-refractivity contribution is 7.93. The van der Waals surface area contributed by atoms with Crippen molar-refractivity contribution in [1.29, 1.82) is 0 Å². The minimum absolute atomic E-state index is 0.0796. The van der Waals surface area contributed by atoms with Gasteiger partial charge < -0.3 is 5.32 Å². The van der Waals surface area contributed by atoms with Gasteiger partial charge in [0.15, 0.2) is 0 Å². The normalized spacial score (nSPS) is 12.0.